The van der Waals surface area contributed by atoms with Crippen LogP contribution in [0.3, 0.4) is 0 Å². The summed E-state index contributed by atoms with van der Waals surface area (Å²) in [6.45, 7) is 1.17. The Balaban J connectivity index is 1.51. The molecule has 2 aromatic carbocycles. The largest absolute Gasteiger partial charge is 0.497 e. The van der Waals surface area contributed by atoms with Crippen molar-refractivity contribution in [3.05, 3.63) is 83.8 Å². The topological polar surface area (TPSA) is 76.1 Å². The number of aromatic nitrogens is 2. The zero-order valence-corrected chi connectivity index (χ0v) is 15.2. The first-order chi connectivity index (χ1) is 13.2. The molecule has 0 saturated heterocycles. The number of benzene rings is 2. The number of amides is 1. The molecule has 0 radical (unpaired) electrons. The molecule has 0 fully saturated rings. The van der Waals surface area contributed by atoms with Gasteiger partial charge in [0.2, 0.25) is 0 Å². The van der Waals surface area contributed by atoms with Gasteiger partial charge in [-0.15, -0.1) is 0 Å². The van der Waals surface area contributed by atoms with E-state index in [1.165, 1.54) is 11.9 Å². The molecule has 1 amide bonds. The van der Waals surface area contributed by atoms with E-state index in [-0.39, 0.29) is 5.91 Å². The maximum absolute atomic E-state index is 12.3. The molecule has 0 aliphatic rings. The maximum atomic E-state index is 12.3. The number of rotatable bonds is 8. The smallest absolute Gasteiger partial charge is 0.270 e. The van der Waals surface area contributed by atoms with Crippen LogP contribution in [0.4, 0.5) is 5.82 Å². The van der Waals surface area contributed by atoms with Crippen LogP contribution in [0.15, 0.2) is 67.0 Å². The molecule has 0 unspecified atom stereocenters. The third-order valence-corrected chi connectivity index (χ3v) is 4.07. The van der Waals surface area contributed by atoms with Gasteiger partial charge in [0.15, 0.2) is 0 Å². The van der Waals surface area contributed by atoms with E-state index in [4.69, 9.17) is 4.74 Å². The molecule has 0 aliphatic carbocycles. The first-order valence-corrected chi connectivity index (χ1v) is 8.75. The van der Waals surface area contributed by atoms with Crippen LogP contribution in [0.2, 0.25) is 0 Å². The van der Waals surface area contributed by atoms with Crippen LogP contribution in [0.1, 0.15) is 21.6 Å². The number of methoxy groups -OCH3 is 1. The lowest BCUT2D eigenvalue weighted by atomic mass is 10.1. The van der Waals surface area contributed by atoms with Gasteiger partial charge in [0, 0.05) is 19.2 Å². The highest BCUT2D eigenvalue weighted by molar-refractivity contribution is 5.92. The summed E-state index contributed by atoms with van der Waals surface area (Å²) in [6, 6.07) is 19.4. The van der Waals surface area contributed by atoms with Gasteiger partial charge in [-0.3, -0.25) is 4.79 Å². The van der Waals surface area contributed by atoms with Crippen molar-refractivity contribution in [2.45, 2.75) is 13.0 Å². The molecule has 3 aromatic rings. The predicted molar refractivity (Wildman–Crippen MR) is 105 cm³/mol. The van der Waals surface area contributed by atoms with Gasteiger partial charge in [0.25, 0.3) is 5.91 Å². The van der Waals surface area contributed by atoms with Crippen molar-refractivity contribution in [1.82, 2.24) is 15.3 Å². The Morgan fingerprint density at radius 1 is 1.00 bits per heavy atom. The van der Waals surface area contributed by atoms with Crippen LogP contribution in [0.25, 0.3) is 0 Å². The standard InChI is InChI=1S/C21H22N4O2/c1-27-18-9-7-16(8-10-18)11-12-22-20-13-19(24-15-25-20)21(26)23-14-17-5-3-2-4-6-17/h2-10,13,15H,11-12,14H2,1H3,(H,23,26)(H,22,24,25). The molecule has 6 heteroatoms. The minimum Gasteiger partial charge on any atom is -0.497 e. The summed E-state index contributed by atoms with van der Waals surface area (Å²) in [5, 5.41) is 6.09. The number of nitrogens with one attached hydrogen (secondary N) is 2. The first kappa shape index (κ1) is 18.4. The normalized spacial score (nSPS) is 10.3. The Labute approximate surface area is 158 Å². The van der Waals surface area contributed by atoms with E-state index in [9.17, 15) is 4.79 Å². The molecule has 0 atom stereocenters. The average molecular weight is 362 g/mol. The fourth-order valence-corrected chi connectivity index (χ4v) is 2.57. The summed E-state index contributed by atoms with van der Waals surface area (Å²) in [4.78, 5) is 20.5. The molecule has 0 aliphatic heterocycles. The quantitative estimate of drug-likeness (QED) is 0.644. The van der Waals surface area contributed by atoms with E-state index in [2.05, 4.69) is 20.6 Å². The minimum absolute atomic E-state index is 0.223. The van der Waals surface area contributed by atoms with Crippen molar-refractivity contribution >= 4 is 11.7 Å². The number of hydrogen-bond acceptors (Lipinski definition) is 5. The van der Waals surface area contributed by atoms with Crippen molar-refractivity contribution in [3.8, 4) is 5.75 Å². The Hall–Kier alpha value is -3.41. The lowest BCUT2D eigenvalue weighted by Gasteiger charge is -2.08. The van der Waals surface area contributed by atoms with Crippen molar-refractivity contribution in [1.29, 1.82) is 0 Å². The summed E-state index contributed by atoms with van der Waals surface area (Å²) in [7, 11) is 1.65. The van der Waals surface area contributed by atoms with E-state index >= 15 is 0 Å². The fraction of sp³-hybridized carbons (Fsp3) is 0.190. The molecule has 6 nitrogen and oxygen atoms in total. The van der Waals surface area contributed by atoms with E-state index in [0.717, 1.165) is 17.7 Å². The van der Waals surface area contributed by atoms with Gasteiger partial charge in [0.05, 0.1) is 7.11 Å². The van der Waals surface area contributed by atoms with Crippen molar-refractivity contribution in [3.63, 3.8) is 0 Å². The summed E-state index contributed by atoms with van der Waals surface area (Å²) in [6.07, 6.45) is 2.23. The van der Waals surface area contributed by atoms with Crippen LogP contribution in [-0.4, -0.2) is 29.5 Å². The molecule has 27 heavy (non-hydrogen) atoms. The molecule has 0 spiro atoms. The third kappa shape index (κ3) is 5.54. The average Bonchev–Trinajstić information content (AvgIpc) is 2.73. The number of anilines is 1. The van der Waals surface area contributed by atoms with Crippen LogP contribution >= 0.6 is 0 Å². The van der Waals surface area contributed by atoms with Crippen molar-refractivity contribution in [2.75, 3.05) is 19.0 Å². The number of carbonyl (C=O) groups is 1. The molecular weight excluding hydrogens is 340 g/mol. The molecule has 3 rings (SSSR count). The number of hydrogen-bond donors (Lipinski definition) is 2. The van der Waals surface area contributed by atoms with E-state index < -0.39 is 0 Å². The highest BCUT2D eigenvalue weighted by Crippen LogP contribution is 2.12. The highest BCUT2D eigenvalue weighted by Gasteiger charge is 2.08. The van der Waals surface area contributed by atoms with E-state index in [1.807, 2.05) is 54.6 Å². The van der Waals surface area contributed by atoms with Crippen LogP contribution in [0.5, 0.6) is 5.75 Å². The van der Waals surface area contributed by atoms with E-state index in [1.54, 1.807) is 13.2 Å². The maximum Gasteiger partial charge on any atom is 0.270 e. The zero-order chi connectivity index (χ0) is 18.9. The van der Waals surface area contributed by atoms with Crippen molar-refractivity contribution in [2.24, 2.45) is 0 Å². The van der Waals surface area contributed by atoms with Gasteiger partial charge in [-0.2, -0.15) is 0 Å². The van der Waals surface area contributed by atoms with Crippen LogP contribution in [0, 0.1) is 0 Å². The van der Waals surface area contributed by atoms with Gasteiger partial charge in [-0.1, -0.05) is 42.5 Å². The minimum atomic E-state index is -0.223. The van der Waals surface area contributed by atoms with E-state index in [0.29, 0.717) is 24.6 Å². The second-order valence-corrected chi connectivity index (χ2v) is 5.98. The SMILES string of the molecule is COc1ccc(CCNc2cc(C(=O)NCc3ccccc3)ncn2)cc1. The summed E-state index contributed by atoms with van der Waals surface area (Å²) in [5.41, 5.74) is 2.57. The Morgan fingerprint density at radius 2 is 1.78 bits per heavy atom. The Kier molecular flexibility index (Phi) is 6.35. The molecule has 2 N–H and O–H groups in total. The predicted octanol–water partition coefficient (Wildman–Crippen LogP) is 3.07. The van der Waals surface area contributed by atoms with Crippen LogP contribution in [-0.2, 0) is 13.0 Å². The van der Waals surface area contributed by atoms with Crippen LogP contribution < -0.4 is 15.4 Å². The molecule has 0 saturated carbocycles. The first-order valence-electron chi connectivity index (χ1n) is 8.75. The number of carbonyl (C=O) groups excluding carboxylic acids is 1. The zero-order valence-electron chi connectivity index (χ0n) is 15.2. The summed E-state index contributed by atoms with van der Waals surface area (Å²) < 4.78 is 5.16. The lowest BCUT2D eigenvalue weighted by molar-refractivity contribution is 0.0946. The van der Waals surface area contributed by atoms with Crippen molar-refractivity contribution < 1.29 is 9.53 Å². The Bertz CT molecular complexity index is 867. The monoisotopic (exact) mass is 362 g/mol. The molecule has 1 aromatic heterocycles. The second kappa shape index (κ2) is 9.33. The fourth-order valence-electron chi connectivity index (χ4n) is 2.57. The Morgan fingerprint density at radius 3 is 2.52 bits per heavy atom. The highest BCUT2D eigenvalue weighted by atomic mass is 16.5. The van der Waals surface area contributed by atoms with Gasteiger partial charge in [-0.25, -0.2) is 9.97 Å². The van der Waals surface area contributed by atoms with Gasteiger partial charge in [-0.05, 0) is 29.7 Å². The number of nitrogens with zero attached hydrogens (tertiary/aromatic N) is 2. The molecular formula is C21H22N4O2. The van der Waals surface area contributed by atoms with Gasteiger partial charge >= 0.3 is 0 Å². The molecule has 138 valence electrons. The molecule has 1 heterocycles. The van der Waals surface area contributed by atoms with Gasteiger partial charge in [0.1, 0.15) is 23.6 Å². The van der Waals surface area contributed by atoms with Gasteiger partial charge < -0.3 is 15.4 Å². The second-order valence-electron chi connectivity index (χ2n) is 5.98. The summed E-state index contributed by atoms with van der Waals surface area (Å²) >= 11 is 0. The lowest BCUT2D eigenvalue weighted by Crippen LogP contribution is -2.24. The third-order valence-electron chi connectivity index (χ3n) is 4.07. The molecule has 0 bridgehead atoms. The summed E-state index contributed by atoms with van der Waals surface area (Å²) in [5.74, 6) is 1.25. The number of ether oxygens (including phenoxy) is 1.